The van der Waals surface area contributed by atoms with Crippen molar-refractivity contribution >= 4 is 15.9 Å². The predicted octanol–water partition coefficient (Wildman–Crippen LogP) is 3.43. The molecule has 1 aromatic carbocycles. The lowest BCUT2D eigenvalue weighted by Crippen LogP contribution is -2.21. The zero-order valence-corrected chi connectivity index (χ0v) is 12.0. The maximum atomic E-state index is 5.81. The van der Waals surface area contributed by atoms with Crippen LogP contribution in [-0.2, 0) is 0 Å². The minimum atomic E-state index is -0.354. The Hall–Kier alpha value is -1.56. The van der Waals surface area contributed by atoms with Gasteiger partial charge in [-0.1, -0.05) is 35.0 Å². The molecular weight excluding hydrogens is 312 g/mol. The molecule has 0 aliphatic carbocycles. The van der Waals surface area contributed by atoms with Crippen molar-refractivity contribution in [3.8, 4) is 11.5 Å². The molecule has 2 atom stereocenters. The van der Waals surface area contributed by atoms with E-state index in [4.69, 9.17) is 13.9 Å². The minimum absolute atomic E-state index is 0.0746. The van der Waals surface area contributed by atoms with Gasteiger partial charge in [0, 0.05) is 0 Å². The highest BCUT2D eigenvalue weighted by Gasteiger charge is 2.28. The molecule has 0 amide bonds. The van der Waals surface area contributed by atoms with Gasteiger partial charge >= 0.3 is 0 Å². The SMILES string of the molecule is CCC(Br)c1nnc(C2COc3ccccc3O2)o1. The van der Waals surface area contributed by atoms with Crippen molar-refractivity contribution in [2.24, 2.45) is 0 Å². The maximum Gasteiger partial charge on any atom is 0.260 e. The molecular formula is C13H13BrN2O3. The van der Waals surface area contributed by atoms with Crippen molar-refractivity contribution in [2.45, 2.75) is 24.3 Å². The first-order valence-electron chi connectivity index (χ1n) is 6.13. The maximum absolute atomic E-state index is 5.81. The topological polar surface area (TPSA) is 57.4 Å². The smallest absolute Gasteiger partial charge is 0.260 e. The summed E-state index contributed by atoms with van der Waals surface area (Å²) in [4.78, 5) is 0.0746. The molecule has 2 aromatic rings. The zero-order valence-electron chi connectivity index (χ0n) is 10.4. The van der Waals surface area contributed by atoms with Crippen LogP contribution in [0.3, 0.4) is 0 Å². The van der Waals surface area contributed by atoms with Crippen LogP contribution in [-0.4, -0.2) is 16.8 Å². The van der Waals surface area contributed by atoms with E-state index >= 15 is 0 Å². The summed E-state index contributed by atoms with van der Waals surface area (Å²) < 4.78 is 17.0. The molecule has 1 aliphatic heterocycles. The highest BCUT2D eigenvalue weighted by Crippen LogP contribution is 2.36. The second-order valence-electron chi connectivity index (χ2n) is 4.22. The van der Waals surface area contributed by atoms with Crippen molar-refractivity contribution in [1.82, 2.24) is 10.2 Å². The number of rotatable bonds is 3. The van der Waals surface area contributed by atoms with Gasteiger partial charge in [-0.15, -0.1) is 10.2 Å². The first-order valence-corrected chi connectivity index (χ1v) is 7.05. The van der Waals surface area contributed by atoms with Gasteiger partial charge in [0.25, 0.3) is 5.89 Å². The number of nitrogens with zero attached hydrogens (tertiary/aromatic N) is 2. The summed E-state index contributed by atoms with van der Waals surface area (Å²) in [5.41, 5.74) is 0. The van der Waals surface area contributed by atoms with Crippen molar-refractivity contribution in [3.05, 3.63) is 36.0 Å². The van der Waals surface area contributed by atoms with Gasteiger partial charge in [0.2, 0.25) is 12.0 Å². The molecule has 19 heavy (non-hydrogen) atoms. The third-order valence-corrected chi connectivity index (χ3v) is 3.91. The summed E-state index contributed by atoms with van der Waals surface area (Å²) in [6, 6.07) is 7.54. The normalized spacial score (nSPS) is 19.2. The van der Waals surface area contributed by atoms with Crippen molar-refractivity contribution in [3.63, 3.8) is 0 Å². The van der Waals surface area contributed by atoms with Crippen LogP contribution in [0.1, 0.15) is 36.1 Å². The lowest BCUT2D eigenvalue weighted by Gasteiger charge is -2.23. The lowest BCUT2D eigenvalue weighted by atomic mass is 10.2. The highest BCUT2D eigenvalue weighted by atomic mass is 79.9. The van der Waals surface area contributed by atoms with Gasteiger partial charge < -0.3 is 13.9 Å². The fourth-order valence-corrected chi connectivity index (χ4v) is 2.00. The summed E-state index contributed by atoms with van der Waals surface area (Å²) in [6.07, 6.45) is 0.527. The first-order chi connectivity index (χ1) is 9.28. The van der Waals surface area contributed by atoms with Gasteiger partial charge in [-0.2, -0.15) is 0 Å². The molecule has 0 saturated heterocycles. The monoisotopic (exact) mass is 324 g/mol. The largest absolute Gasteiger partial charge is 0.485 e. The molecule has 100 valence electrons. The summed E-state index contributed by atoms with van der Waals surface area (Å²) in [6.45, 7) is 2.41. The summed E-state index contributed by atoms with van der Waals surface area (Å²) in [5, 5.41) is 8.05. The molecule has 2 heterocycles. The van der Waals surface area contributed by atoms with E-state index in [1.165, 1.54) is 0 Å². The van der Waals surface area contributed by atoms with Crippen LogP contribution in [0.5, 0.6) is 11.5 Å². The fourth-order valence-electron chi connectivity index (χ4n) is 1.82. The molecule has 0 N–H and O–H groups in total. The third-order valence-electron chi connectivity index (χ3n) is 2.87. The standard InChI is InChI=1S/C13H13BrN2O3/c1-2-8(14)12-15-16-13(19-12)11-7-17-9-5-3-4-6-10(9)18-11/h3-6,8,11H,2,7H2,1H3. The number of aromatic nitrogens is 2. The number of hydrogen-bond acceptors (Lipinski definition) is 5. The van der Waals surface area contributed by atoms with E-state index < -0.39 is 0 Å². The molecule has 0 radical (unpaired) electrons. The molecule has 2 unspecified atom stereocenters. The second-order valence-corrected chi connectivity index (χ2v) is 5.32. The van der Waals surface area contributed by atoms with E-state index in [0.29, 0.717) is 24.1 Å². The number of alkyl halides is 1. The molecule has 0 saturated carbocycles. The van der Waals surface area contributed by atoms with E-state index in [9.17, 15) is 0 Å². The Labute approximate surface area is 119 Å². The van der Waals surface area contributed by atoms with Gasteiger partial charge in [0.05, 0.1) is 4.83 Å². The van der Waals surface area contributed by atoms with E-state index in [-0.39, 0.29) is 10.9 Å². The third kappa shape index (κ3) is 2.45. The molecule has 0 spiro atoms. The minimum Gasteiger partial charge on any atom is -0.485 e. The second kappa shape index (κ2) is 5.21. The summed E-state index contributed by atoms with van der Waals surface area (Å²) >= 11 is 3.48. The van der Waals surface area contributed by atoms with Gasteiger partial charge in [-0.05, 0) is 18.6 Å². The van der Waals surface area contributed by atoms with E-state index in [2.05, 4.69) is 26.1 Å². The van der Waals surface area contributed by atoms with Crippen LogP contribution in [0, 0.1) is 0 Å². The van der Waals surface area contributed by atoms with Crippen LogP contribution < -0.4 is 9.47 Å². The molecule has 0 bridgehead atoms. The van der Waals surface area contributed by atoms with Crippen molar-refractivity contribution in [1.29, 1.82) is 0 Å². The molecule has 3 rings (SSSR count). The number of hydrogen-bond donors (Lipinski definition) is 0. The number of benzene rings is 1. The van der Waals surface area contributed by atoms with Crippen LogP contribution in [0.2, 0.25) is 0 Å². The van der Waals surface area contributed by atoms with Crippen LogP contribution in [0.4, 0.5) is 0 Å². The Morgan fingerprint density at radius 2 is 2.11 bits per heavy atom. The Bertz CT molecular complexity index is 573. The van der Waals surface area contributed by atoms with Crippen LogP contribution >= 0.6 is 15.9 Å². The molecule has 5 nitrogen and oxygen atoms in total. The highest BCUT2D eigenvalue weighted by molar-refractivity contribution is 9.09. The predicted molar refractivity (Wildman–Crippen MR) is 71.6 cm³/mol. The van der Waals surface area contributed by atoms with Crippen LogP contribution in [0.15, 0.2) is 28.7 Å². The van der Waals surface area contributed by atoms with E-state index in [1.54, 1.807) is 0 Å². The van der Waals surface area contributed by atoms with Gasteiger partial charge in [-0.25, -0.2) is 0 Å². The molecule has 1 aromatic heterocycles. The quantitative estimate of drug-likeness (QED) is 0.809. The van der Waals surface area contributed by atoms with Crippen molar-refractivity contribution in [2.75, 3.05) is 6.61 Å². The Morgan fingerprint density at radius 1 is 1.32 bits per heavy atom. The number of para-hydroxylation sites is 2. The first kappa shape index (κ1) is 12.5. The summed E-state index contributed by atoms with van der Waals surface area (Å²) in [5.74, 6) is 2.46. The van der Waals surface area contributed by atoms with E-state index in [0.717, 1.165) is 12.2 Å². The fraction of sp³-hybridized carbons (Fsp3) is 0.385. The van der Waals surface area contributed by atoms with Crippen molar-refractivity contribution < 1.29 is 13.9 Å². The van der Waals surface area contributed by atoms with Gasteiger partial charge in [-0.3, -0.25) is 0 Å². The van der Waals surface area contributed by atoms with E-state index in [1.807, 2.05) is 31.2 Å². The summed E-state index contributed by atoms with van der Waals surface area (Å²) in [7, 11) is 0. The van der Waals surface area contributed by atoms with Gasteiger partial charge in [0.15, 0.2) is 11.5 Å². The average molecular weight is 325 g/mol. The zero-order chi connectivity index (χ0) is 13.2. The molecule has 1 aliphatic rings. The Balaban J connectivity index is 1.79. The number of fused-ring (bicyclic) bond motifs is 1. The number of halogens is 1. The Kier molecular flexibility index (Phi) is 3.42. The molecule has 0 fully saturated rings. The lowest BCUT2D eigenvalue weighted by molar-refractivity contribution is 0.0703. The average Bonchev–Trinajstić information content (AvgIpc) is 2.95. The number of ether oxygens (including phenoxy) is 2. The van der Waals surface area contributed by atoms with Crippen LogP contribution in [0.25, 0.3) is 0 Å². The van der Waals surface area contributed by atoms with Gasteiger partial charge in [0.1, 0.15) is 6.61 Å². The molecule has 6 heteroatoms. The Morgan fingerprint density at radius 3 is 2.89 bits per heavy atom.